The maximum atomic E-state index is 6.33. The van der Waals surface area contributed by atoms with Gasteiger partial charge in [-0.05, 0) is 96.0 Å². The number of oxime groups is 1. The zero-order valence-electron chi connectivity index (χ0n) is 15.5. The fourth-order valence-corrected chi connectivity index (χ4v) is 2.71. The Hall–Kier alpha value is -0.720. The Balaban J connectivity index is 2.30. The fourth-order valence-electron chi connectivity index (χ4n) is 2.14. The van der Waals surface area contributed by atoms with Crippen molar-refractivity contribution in [3.8, 4) is 11.5 Å². The van der Waals surface area contributed by atoms with Gasteiger partial charge in [0.25, 0.3) is 0 Å². The third-order valence-electron chi connectivity index (χ3n) is 3.31. The molecule has 1 aromatic rings. The number of benzene rings is 1. The molecule has 0 heterocycles. The molecular formula is C19H26Br2ClNO3. The summed E-state index contributed by atoms with van der Waals surface area (Å²) >= 11 is 12.9. The Morgan fingerprint density at radius 1 is 1.08 bits per heavy atom. The number of rotatable bonds is 12. The lowest BCUT2D eigenvalue weighted by atomic mass is 10.2. The Labute approximate surface area is 178 Å². The lowest BCUT2D eigenvalue weighted by Crippen LogP contribution is -2.01. The molecule has 0 saturated heterocycles. The number of unbranched alkanes of at least 4 members (excludes halogenated alkanes) is 3. The van der Waals surface area contributed by atoms with Gasteiger partial charge in [0.2, 0.25) is 0 Å². The van der Waals surface area contributed by atoms with Crippen molar-refractivity contribution in [2.75, 3.05) is 19.8 Å². The standard InChI is InChI=1S/C19H26Br2ClNO3/c1-14(2)23-26-10-7-5-4-6-9-25-19-15(3)12-16(13-17(19)22)24-11-8-18(20)21/h8,12-13H,4-7,9-11H2,1-3H3. The van der Waals surface area contributed by atoms with Crippen LogP contribution in [0, 0.1) is 6.92 Å². The molecule has 0 N–H and O–H groups in total. The van der Waals surface area contributed by atoms with Crippen LogP contribution in [0.2, 0.25) is 5.02 Å². The first kappa shape index (κ1) is 23.3. The third kappa shape index (κ3) is 10.4. The predicted molar refractivity (Wildman–Crippen MR) is 116 cm³/mol. The predicted octanol–water partition coefficient (Wildman–Crippen LogP) is 7.01. The minimum absolute atomic E-state index is 0.453. The van der Waals surface area contributed by atoms with Crippen LogP contribution in [0.15, 0.2) is 26.8 Å². The molecule has 0 amide bonds. The topological polar surface area (TPSA) is 40.0 Å². The molecule has 1 rings (SSSR count). The first-order valence-corrected chi connectivity index (χ1v) is 10.6. The van der Waals surface area contributed by atoms with E-state index in [0.29, 0.717) is 24.8 Å². The average Bonchev–Trinajstić information content (AvgIpc) is 2.54. The Morgan fingerprint density at radius 3 is 2.38 bits per heavy atom. The molecular weight excluding hydrogens is 485 g/mol. The van der Waals surface area contributed by atoms with E-state index in [1.165, 1.54) is 0 Å². The Morgan fingerprint density at radius 2 is 1.77 bits per heavy atom. The Bertz CT molecular complexity index is 590. The van der Waals surface area contributed by atoms with Gasteiger partial charge >= 0.3 is 0 Å². The smallest absolute Gasteiger partial charge is 0.141 e. The van der Waals surface area contributed by atoms with Crippen molar-refractivity contribution < 1.29 is 14.3 Å². The highest BCUT2D eigenvalue weighted by molar-refractivity contribution is 9.28. The summed E-state index contributed by atoms with van der Waals surface area (Å²) in [4.78, 5) is 5.17. The molecule has 146 valence electrons. The van der Waals surface area contributed by atoms with E-state index in [9.17, 15) is 0 Å². The second-order valence-electron chi connectivity index (χ2n) is 5.99. The molecule has 1 aromatic carbocycles. The van der Waals surface area contributed by atoms with Crippen molar-refractivity contribution in [2.45, 2.75) is 46.5 Å². The summed E-state index contributed by atoms with van der Waals surface area (Å²) in [7, 11) is 0. The second-order valence-corrected chi connectivity index (χ2v) is 9.17. The molecule has 0 saturated carbocycles. The molecule has 7 heteroatoms. The zero-order valence-corrected chi connectivity index (χ0v) is 19.4. The number of hydrogen-bond acceptors (Lipinski definition) is 4. The molecule has 0 aliphatic carbocycles. The van der Waals surface area contributed by atoms with Gasteiger partial charge in [0.15, 0.2) is 0 Å². The first-order chi connectivity index (χ1) is 12.4. The van der Waals surface area contributed by atoms with E-state index in [0.717, 1.165) is 51.8 Å². The van der Waals surface area contributed by atoms with Crippen LogP contribution in [0.25, 0.3) is 0 Å². The summed E-state index contributed by atoms with van der Waals surface area (Å²) in [5.74, 6) is 1.45. The minimum Gasteiger partial charge on any atom is -0.492 e. The van der Waals surface area contributed by atoms with Crippen LogP contribution < -0.4 is 9.47 Å². The van der Waals surface area contributed by atoms with Gasteiger partial charge in [-0.1, -0.05) is 16.8 Å². The van der Waals surface area contributed by atoms with E-state index >= 15 is 0 Å². The summed E-state index contributed by atoms with van der Waals surface area (Å²) in [5, 5.41) is 4.48. The number of ether oxygens (including phenoxy) is 2. The number of aryl methyl sites for hydroxylation is 1. The van der Waals surface area contributed by atoms with Gasteiger partial charge in [-0.25, -0.2) is 0 Å². The molecule has 0 unspecified atom stereocenters. The van der Waals surface area contributed by atoms with Gasteiger partial charge in [0, 0.05) is 6.07 Å². The van der Waals surface area contributed by atoms with Crippen LogP contribution in [0.1, 0.15) is 45.1 Å². The highest BCUT2D eigenvalue weighted by atomic mass is 79.9. The minimum atomic E-state index is 0.453. The molecule has 0 bridgehead atoms. The van der Waals surface area contributed by atoms with Gasteiger partial charge in [0.1, 0.15) is 24.7 Å². The molecule has 26 heavy (non-hydrogen) atoms. The number of halogens is 3. The van der Waals surface area contributed by atoms with Crippen LogP contribution in [-0.4, -0.2) is 25.5 Å². The molecule has 0 aliphatic heterocycles. The van der Waals surface area contributed by atoms with Crippen molar-refractivity contribution >= 4 is 49.2 Å². The van der Waals surface area contributed by atoms with Gasteiger partial charge in [-0.3, -0.25) is 0 Å². The van der Waals surface area contributed by atoms with E-state index in [4.69, 9.17) is 25.9 Å². The van der Waals surface area contributed by atoms with Crippen molar-refractivity contribution in [3.05, 3.63) is 32.2 Å². The molecule has 0 aromatic heterocycles. The van der Waals surface area contributed by atoms with Crippen LogP contribution in [0.4, 0.5) is 0 Å². The number of nitrogens with zero attached hydrogens (tertiary/aromatic N) is 1. The quantitative estimate of drug-likeness (QED) is 0.172. The van der Waals surface area contributed by atoms with Gasteiger partial charge in [-0.2, -0.15) is 0 Å². The maximum absolute atomic E-state index is 6.33. The zero-order chi connectivity index (χ0) is 19.4. The summed E-state index contributed by atoms with van der Waals surface area (Å²) < 4.78 is 12.4. The van der Waals surface area contributed by atoms with Crippen LogP contribution in [0.5, 0.6) is 11.5 Å². The fraction of sp³-hybridized carbons (Fsp3) is 0.526. The summed E-state index contributed by atoms with van der Waals surface area (Å²) in [6.45, 7) is 7.57. The van der Waals surface area contributed by atoms with E-state index < -0.39 is 0 Å². The second kappa shape index (κ2) is 13.4. The van der Waals surface area contributed by atoms with Gasteiger partial charge in [0.05, 0.1) is 20.7 Å². The molecule has 0 spiro atoms. The molecule has 0 atom stereocenters. The van der Waals surface area contributed by atoms with E-state index in [-0.39, 0.29) is 0 Å². The monoisotopic (exact) mass is 509 g/mol. The number of hydrogen-bond donors (Lipinski definition) is 0. The Kier molecular flexibility index (Phi) is 12.1. The normalized spacial score (nSPS) is 10.2. The summed E-state index contributed by atoms with van der Waals surface area (Å²) in [5.41, 5.74) is 1.91. The van der Waals surface area contributed by atoms with Crippen LogP contribution in [-0.2, 0) is 4.84 Å². The third-order valence-corrected chi connectivity index (χ3v) is 4.24. The van der Waals surface area contributed by atoms with Crippen molar-refractivity contribution in [1.29, 1.82) is 0 Å². The van der Waals surface area contributed by atoms with E-state index in [2.05, 4.69) is 37.0 Å². The highest BCUT2D eigenvalue weighted by Gasteiger charge is 2.09. The van der Waals surface area contributed by atoms with Gasteiger partial charge in [-0.15, -0.1) is 0 Å². The van der Waals surface area contributed by atoms with Crippen LogP contribution >= 0.6 is 43.5 Å². The first-order valence-electron chi connectivity index (χ1n) is 8.60. The SMILES string of the molecule is CC(C)=NOCCCCCCOc1c(C)cc(OCC=C(Br)Br)cc1Cl. The lowest BCUT2D eigenvalue weighted by molar-refractivity contribution is 0.139. The average molecular weight is 512 g/mol. The molecule has 0 fully saturated rings. The largest absolute Gasteiger partial charge is 0.492 e. The van der Waals surface area contributed by atoms with Gasteiger partial charge < -0.3 is 14.3 Å². The van der Waals surface area contributed by atoms with Crippen molar-refractivity contribution in [2.24, 2.45) is 5.16 Å². The maximum Gasteiger partial charge on any atom is 0.141 e. The van der Waals surface area contributed by atoms with Crippen molar-refractivity contribution in [1.82, 2.24) is 0 Å². The summed E-state index contributed by atoms with van der Waals surface area (Å²) in [6, 6.07) is 3.72. The molecule has 4 nitrogen and oxygen atoms in total. The lowest BCUT2D eigenvalue weighted by Gasteiger charge is -2.13. The summed E-state index contributed by atoms with van der Waals surface area (Å²) in [6.07, 6.45) is 6.03. The van der Waals surface area contributed by atoms with Crippen molar-refractivity contribution in [3.63, 3.8) is 0 Å². The molecule has 0 radical (unpaired) electrons. The van der Waals surface area contributed by atoms with E-state index in [1.807, 2.05) is 32.9 Å². The molecule has 0 aliphatic rings. The van der Waals surface area contributed by atoms with Crippen LogP contribution in [0.3, 0.4) is 0 Å². The highest BCUT2D eigenvalue weighted by Crippen LogP contribution is 2.33. The van der Waals surface area contributed by atoms with E-state index in [1.54, 1.807) is 6.07 Å².